The van der Waals surface area contributed by atoms with E-state index in [2.05, 4.69) is 5.10 Å². The lowest BCUT2D eigenvalue weighted by atomic mass is 9.42. The zero-order valence-electron chi connectivity index (χ0n) is 10.4. The highest BCUT2D eigenvalue weighted by Gasteiger charge is 2.61. The molecule has 1 aromatic heterocycles. The molecule has 3 aliphatic rings. The quantitative estimate of drug-likeness (QED) is 0.798. The van der Waals surface area contributed by atoms with Crippen LogP contribution in [-0.2, 0) is 13.5 Å². The maximum absolute atomic E-state index is 12.5. The predicted octanol–water partition coefficient (Wildman–Crippen LogP) is 1.25. The molecule has 3 fully saturated rings. The van der Waals surface area contributed by atoms with Gasteiger partial charge in [0.1, 0.15) is 5.69 Å². The molecular formula is C13H18N2O2. The monoisotopic (exact) mass is 234 g/mol. The Morgan fingerprint density at radius 2 is 2.18 bits per heavy atom. The van der Waals surface area contributed by atoms with E-state index in [1.165, 1.54) is 0 Å². The van der Waals surface area contributed by atoms with Gasteiger partial charge in [-0.15, -0.1) is 0 Å². The van der Waals surface area contributed by atoms with Crippen LogP contribution < -0.4 is 0 Å². The Labute approximate surface area is 101 Å². The molecule has 2 bridgehead atoms. The largest absolute Gasteiger partial charge is 0.396 e. The third-order valence-electron chi connectivity index (χ3n) is 4.55. The van der Waals surface area contributed by atoms with Crippen molar-refractivity contribution in [3.8, 4) is 0 Å². The summed E-state index contributed by atoms with van der Waals surface area (Å²) in [4.78, 5) is 12.5. The number of aliphatic hydroxyl groups is 1. The van der Waals surface area contributed by atoms with Gasteiger partial charge in [0.2, 0.25) is 0 Å². The zero-order valence-corrected chi connectivity index (χ0v) is 10.4. The van der Waals surface area contributed by atoms with E-state index in [9.17, 15) is 4.79 Å². The molecule has 0 atom stereocenters. The van der Waals surface area contributed by atoms with E-state index in [4.69, 9.17) is 5.11 Å². The first-order valence-electron chi connectivity index (χ1n) is 6.25. The van der Waals surface area contributed by atoms with Gasteiger partial charge in [0.25, 0.3) is 0 Å². The zero-order chi connectivity index (χ0) is 12.2. The van der Waals surface area contributed by atoms with Gasteiger partial charge < -0.3 is 5.11 Å². The first-order chi connectivity index (χ1) is 8.07. The lowest BCUT2D eigenvalue weighted by Crippen LogP contribution is -2.57. The molecule has 0 unspecified atom stereocenters. The highest BCUT2D eigenvalue weighted by atomic mass is 16.3. The molecule has 17 heavy (non-hydrogen) atoms. The Hall–Kier alpha value is -1.16. The highest BCUT2D eigenvalue weighted by molar-refractivity contribution is 6.02. The maximum Gasteiger partial charge on any atom is 0.189 e. The van der Waals surface area contributed by atoms with Gasteiger partial charge in [-0.05, 0) is 38.5 Å². The third-order valence-corrected chi connectivity index (χ3v) is 4.55. The minimum absolute atomic E-state index is 0.0719. The summed E-state index contributed by atoms with van der Waals surface area (Å²) in [7, 11) is 1.86. The second-order valence-electron chi connectivity index (χ2n) is 5.60. The molecule has 3 saturated carbocycles. The molecule has 3 aliphatic carbocycles. The second-order valence-corrected chi connectivity index (χ2v) is 5.60. The van der Waals surface area contributed by atoms with Crippen molar-refractivity contribution in [3.63, 3.8) is 0 Å². The van der Waals surface area contributed by atoms with Crippen molar-refractivity contribution >= 4 is 5.78 Å². The summed E-state index contributed by atoms with van der Waals surface area (Å²) in [6.45, 7) is 2.03. The molecule has 0 amide bonds. The topological polar surface area (TPSA) is 55.1 Å². The van der Waals surface area contributed by atoms with Crippen LogP contribution in [0.2, 0.25) is 0 Å². The van der Waals surface area contributed by atoms with Crippen molar-refractivity contribution in [3.05, 3.63) is 17.0 Å². The van der Waals surface area contributed by atoms with Crippen molar-refractivity contribution in [2.75, 3.05) is 6.61 Å². The Bertz CT molecular complexity index is 473. The Morgan fingerprint density at radius 3 is 2.65 bits per heavy atom. The number of carbonyl (C=O) groups is 1. The maximum atomic E-state index is 12.5. The van der Waals surface area contributed by atoms with E-state index in [0.29, 0.717) is 12.1 Å². The van der Waals surface area contributed by atoms with Crippen LogP contribution in [0.15, 0.2) is 0 Å². The summed E-state index contributed by atoms with van der Waals surface area (Å²) in [5.41, 5.74) is 2.46. The van der Waals surface area contributed by atoms with Crippen molar-refractivity contribution in [1.82, 2.24) is 9.78 Å². The molecule has 1 aromatic rings. The van der Waals surface area contributed by atoms with Crippen LogP contribution in [0.1, 0.15) is 41.0 Å². The van der Waals surface area contributed by atoms with E-state index in [1.54, 1.807) is 4.68 Å². The number of aryl methyl sites for hydroxylation is 1. The van der Waals surface area contributed by atoms with Gasteiger partial charge in [0, 0.05) is 30.3 Å². The standard InChI is InChI=1S/C13H18N2O2/c1-8-10(3-4-16)11(14-15(8)2)12(17)13-5-9(6-13)7-13/h9,16H,3-7H2,1-2H3. The van der Waals surface area contributed by atoms with E-state index < -0.39 is 0 Å². The molecule has 92 valence electrons. The number of Topliss-reactive ketones (excluding diaryl/α,β-unsaturated/α-hetero) is 1. The number of aliphatic hydroxyl groups excluding tert-OH is 1. The van der Waals surface area contributed by atoms with Gasteiger partial charge in [-0.1, -0.05) is 0 Å². The number of aromatic nitrogens is 2. The summed E-state index contributed by atoms with van der Waals surface area (Å²) in [5, 5.41) is 13.5. The SMILES string of the molecule is Cc1c(CCO)c(C(=O)C23CC(C2)C3)nn1C. The van der Waals surface area contributed by atoms with Crippen LogP contribution >= 0.6 is 0 Å². The first-order valence-corrected chi connectivity index (χ1v) is 6.25. The molecule has 4 nitrogen and oxygen atoms in total. The van der Waals surface area contributed by atoms with Crippen molar-refractivity contribution in [2.24, 2.45) is 18.4 Å². The molecular weight excluding hydrogens is 216 g/mol. The Morgan fingerprint density at radius 1 is 1.53 bits per heavy atom. The molecule has 1 N–H and O–H groups in total. The molecule has 1 heterocycles. The van der Waals surface area contributed by atoms with Gasteiger partial charge in [0.05, 0.1) is 0 Å². The fourth-order valence-corrected chi connectivity index (χ4v) is 3.25. The second kappa shape index (κ2) is 3.42. The third kappa shape index (κ3) is 1.33. The number of carbonyl (C=O) groups excluding carboxylic acids is 1. The molecule has 0 aliphatic heterocycles. The summed E-state index contributed by atoms with van der Waals surface area (Å²) < 4.78 is 1.75. The van der Waals surface area contributed by atoms with E-state index in [0.717, 1.165) is 36.4 Å². The Balaban J connectivity index is 1.96. The molecule has 0 radical (unpaired) electrons. The number of hydrogen-bond acceptors (Lipinski definition) is 3. The average molecular weight is 234 g/mol. The first kappa shape index (κ1) is 11.0. The summed E-state index contributed by atoms with van der Waals surface area (Å²) in [6, 6.07) is 0. The van der Waals surface area contributed by atoms with Crippen molar-refractivity contribution in [1.29, 1.82) is 0 Å². The summed E-state index contributed by atoms with van der Waals surface area (Å²) in [5.74, 6) is 1.01. The normalized spacial score (nSPS) is 29.7. The van der Waals surface area contributed by atoms with Gasteiger partial charge in [-0.2, -0.15) is 5.10 Å². The van der Waals surface area contributed by atoms with Crippen LogP contribution in [0.25, 0.3) is 0 Å². The number of rotatable bonds is 4. The minimum atomic E-state index is -0.0737. The molecule has 4 rings (SSSR count). The molecule has 0 saturated heterocycles. The highest BCUT2D eigenvalue weighted by Crippen LogP contribution is 2.65. The number of nitrogens with zero attached hydrogens (tertiary/aromatic N) is 2. The summed E-state index contributed by atoms with van der Waals surface area (Å²) in [6.07, 6.45) is 3.69. The van der Waals surface area contributed by atoms with E-state index in [1.807, 2.05) is 14.0 Å². The molecule has 4 heteroatoms. The Kier molecular flexibility index (Phi) is 2.20. The number of hydrogen-bond donors (Lipinski definition) is 1. The smallest absolute Gasteiger partial charge is 0.189 e. The molecule has 0 spiro atoms. The van der Waals surface area contributed by atoms with Crippen molar-refractivity contribution in [2.45, 2.75) is 32.6 Å². The summed E-state index contributed by atoms with van der Waals surface area (Å²) >= 11 is 0. The van der Waals surface area contributed by atoms with Gasteiger partial charge in [-0.3, -0.25) is 9.48 Å². The van der Waals surface area contributed by atoms with Crippen LogP contribution in [0.5, 0.6) is 0 Å². The lowest BCUT2D eigenvalue weighted by molar-refractivity contribution is -0.0711. The molecule has 0 aromatic carbocycles. The van der Waals surface area contributed by atoms with Gasteiger partial charge in [-0.25, -0.2) is 0 Å². The predicted molar refractivity (Wildman–Crippen MR) is 62.8 cm³/mol. The fourth-order valence-electron chi connectivity index (χ4n) is 3.25. The lowest BCUT2D eigenvalue weighted by Gasteiger charge is -2.60. The average Bonchev–Trinajstić information content (AvgIpc) is 2.42. The van der Waals surface area contributed by atoms with Crippen molar-refractivity contribution < 1.29 is 9.90 Å². The minimum Gasteiger partial charge on any atom is -0.396 e. The van der Waals surface area contributed by atoms with Crippen LogP contribution in [-0.4, -0.2) is 27.3 Å². The number of ketones is 1. The van der Waals surface area contributed by atoms with Crippen LogP contribution in [0.3, 0.4) is 0 Å². The van der Waals surface area contributed by atoms with Gasteiger partial charge >= 0.3 is 0 Å². The van der Waals surface area contributed by atoms with Gasteiger partial charge in [0.15, 0.2) is 5.78 Å². The van der Waals surface area contributed by atoms with Crippen LogP contribution in [0.4, 0.5) is 0 Å². The van der Waals surface area contributed by atoms with E-state index in [-0.39, 0.29) is 17.8 Å². The van der Waals surface area contributed by atoms with Crippen LogP contribution in [0, 0.1) is 18.3 Å². The fraction of sp³-hybridized carbons (Fsp3) is 0.692. The van der Waals surface area contributed by atoms with E-state index >= 15 is 0 Å².